The monoisotopic (exact) mass is 508 g/mol. The molecule has 1 aromatic heterocycles. The van der Waals surface area contributed by atoms with Gasteiger partial charge in [-0.15, -0.1) is 0 Å². The molecule has 1 saturated heterocycles. The van der Waals surface area contributed by atoms with Crippen LogP contribution < -0.4 is 73.4 Å². The molecule has 7 nitrogen and oxygen atoms in total. The molecule has 4 saturated carbocycles. The summed E-state index contributed by atoms with van der Waals surface area (Å²) in [6.07, 6.45) is 5.67. The van der Waals surface area contributed by atoms with Gasteiger partial charge >= 0.3 is 59.1 Å². The zero-order chi connectivity index (χ0) is 21.4. The van der Waals surface area contributed by atoms with E-state index in [1.54, 1.807) is 19.2 Å². The first-order chi connectivity index (χ1) is 14.8. The third-order valence-corrected chi connectivity index (χ3v) is 8.96. The molecule has 11 heteroatoms. The van der Waals surface area contributed by atoms with Gasteiger partial charge in [-0.05, 0) is 84.2 Å². The largest absolute Gasteiger partial charge is 1.00 e. The smallest absolute Gasteiger partial charge is 0.780 e. The van der Waals surface area contributed by atoms with Gasteiger partial charge in [0.25, 0.3) is 5.79 Å². The number of methoxy groups -OCH3 is 1. The maximum Gasteiger partial charge on any atom is 1.00 e. The van der Waals surface area contributed by atoms with E-state index in [1.165, 1.54) is 17.8 Å². The number of hydrogen-bond donors (Lipinski definition) is 0. The van der Waals surface area contributed by atoms with Crippen molar-refractivity contribution < 1.29 is 92.5 Å². The number of phosphoric ester groups is 1. The van der Waals surface area contributed by atoms with Crippen LogP contribution in [0.15, 0.2) is 35.0 Å². The van der Waals surface area contributed by atoms with Gasteiger partial charge in [0.05, 0.1) is 0 Å². The number of thiophene rings is 1. The second-order valence-corrected chi connectivity index (χ2v) is 11.2. The van der Waals surface area contributed by atoms with Crippen molar-refractivity contribution in [1.82, 2.24) is 0 Å². The summed E-state index contributed by atoms with van der Waals surface area (Å²) in [4.78, 5) is 34.7. The van der Waals surface area contributed by atoms with E-state index in [1.807, 2.05) is 22.9 Å². The van der Waals surface area contributed by atoms with E-state index < -0.39 is 19.2 Å². The van der Waals surface area contributed by atoms with Crippen molar-refractivity contribution in [2.75, 3.05) is 7.11 Å². The number of benzene rings is 1. The Morgan fingerprint density at radius 3 is 2.18 bits per heavy atom. The van der Waals surface area contributed by atoms with E-state index in [4.69, 9.17) is 19.0 Å². The van der Waals surface area contributed by atoms with Crippen molar-refractivity contribution in [3.63, 3.8) is 0 Å². The minimum atomic E-state index is -5.26. The molecule has 7 rings (SSSR count). The minimum Gasteiger partial charge on any atom is -0.780 e. The Labute approximate surface area is 241 Å². The second-order valence-electron chi connectivity index (χ2n) is 9.35. The predicted molar refractivity (Wildman–Crippen MR) is 109 cm³/mol. The van der Waals surface area contributed by atoms with Crippen LogP contribution in [0.25, 0.3) is 11.1 Å². The molecule has 4 bridgehead atoms. The molecule has 0 radical (unpaired) electrons. The van der Waals surface area contributed by atoms with Crippen molar-refractivity contribution in [2.24, 2.45) is 23.7 Å². The summed E-state index contributed by atoms with van der Waals surface area (Å²) in [6.45, 7) is 0. The summed E-state index contributed by atoms with van der Waals surface area (Å²) < 4.78 is 22.4. The first-order valence-electron chi connectivity index (χ1n) is 10.7. The number of phosphoric acid groups is 1. The SMILES string of the molecule is COC1(c2ccc(-c3ccsc3)c(OP(=O)([O-])[O-])c2)OOC12C1CC3CC(C1)CC2C3.[Na+].[Na+]. The number of ether oxygens (including phenoxy) is 1. The van der Waals surface area contributed by atoms with Crippen molar-refractivity contribution >= 4 is 19.2 Å². The molecule has 5 fully saturated rings. The van der Waals surface area contributed by atoms with Gasteiger partial charge in [-0.3, -0.25) is 0 Å². The zero-order valence-corrected chi connectivity index (χ0v) is 24.7. The molecule has 1 aliphatic heterocycles. The average molecular weight is 508 g/mol. The summed E-state index contributed by atoms with van der Waals surface area (Å²) >= 11 is 1.47. The molecule has 0 N–H and O–H groups in total. The van der Waals surface area contributed by atoms with Gasteiger partial charge < -0.3 is 23.6 Å². The Balaban J connectivity index is 0.00000130. The second kappa shape index (κ2) is 9.56. The fourth-order valence-electron chi connectivity index (χ4n) is 6.94. The van der Waals surface area contributed by atoms with E-state index in [2.05, 4.69) is 0 Å². The van der Waals surface area contributed by atoms with Gasteiger partial charge in [0.1, 0.15) is 13.6 Å². The maximum absolute atomic E-state index is 11.5. The molecule has 5 aliphatic rings. The predicted octanol–water partition coefficient (Wildman–Crippen LogP) is -2.41. The molecule has 166 valence electrons. The van der Waals surface area contributed by atoms with E-state index in [0.29, 0.717) is 23.0 Å². The number of rotatable bonds is 5. The van der Waals surface area contributed by atoms with Crippen LogP contribution >= 0.6 is 19.2 Å². The van der Waals surface area contributed by atoms with Crippen LogP contribution in [-0.4, -0.2) is 12.7 Å². The van der Waals surface area contributed by atoms with Crippen molar-refractivity contribution in [1.29, 1.82) is 0 Å². The van der Waals surface area contributed by atoms with Gasteiger partial charge in [-0.25, -0.2) is 4.89 Å². The minimum absolute atomic E-state index is 0. The van der Waals surface area contributed by atoms with E-state index in [-0.39, 0.29) is 64.9 Å². The molecule has 1 atom stereocenters. The fourth-order valence-corrected chi connectivity index (χ4v) is 7.98. The molecule has 1 spiro atoms. The van der Waals surface area contributed by atoms with Crippen LogP contribution in [0, 0.1) is 23.7 Å². The van der Waals surface area contributed by atoms with Crippen LogP contribution in [0.5, 0.6) is 5.75 Å². The summed E-state index contributed by atoms with van der Waals surface area (Å²) in [6, 6.07) is 7.03. The Morgan fingerprint density at radius 1 is 1.03 bits per heavy atom. The third kappa shape index (κ3) is 4.11. The van der Waals surface area contributed by atoms with Crippen LogP contribution in [0.3, 0.4) is 0 Å². The van der Waals surface area contributed by atoms with Gasteiger partial charge in [-0.1, -0.05) is 12.1 Å². The standard InChI is InChI=1S/C22H25O7PS.2Na/c1-26-22(21(28-29-22)17-7-13-6-14(9-17)10-18(21)8-13)16-2-3-19(15-4-5-31-12-15)20(11-16)27-30(23,24)25;;/h2-5,11-14,17-18H,6-10H2,1H3,(H2,23,24,25);;/q;2*+1/p-2. The van der Waals surface area contributed by atoms with Gasteiger partial charge in [0, 0.05) is 18.2 Å². The van der Waals surface area contributed by atoms with Crippen LogP contribution in [0.4, 0.5) is 0 Å². The van der Waals surface area contributed by atoms with Crippen molar-refractivity contribution in [2.45, 2.75) is 43.5 Å². The summed E-state index contributed by atoms with van der Waals surface area (Å²) in [5.74, 6) is 0.940. The molecule has 1 aromatic carbocycles. The van der Waals surface area contributed by atoms with E-state index >= 15 is 0 Å². The van der Waals surface area contributed by atoms with Crippen LogP contribution in [-0.2, 0) is 24.9 Å². The van der Waals surface area contributed by atoms with Crippen molar-refractivity contribution in [3.05, 3.63) is 40.6 Å². The molecule has 33 heavy (non-hydrogen) atoms. The third-order valence-electron chi connectivity index (χ3n) is 7.85. The Hall–Kier alpha value is 0.750. The normalized spacial score (nSPS) is 36.1. The molecule has 4 aliphatic carbocycles. The maximum atomic E-state index is 11.5. The Bertz CT molecular complexity index is 1030. The Morgan fingerprint density at radius 2 is 1.70 bits per heavy atom. The van der Waals surface area contributed by atoms with Gasteiger partial charge in [-0.2, -0.15) is 16.2 Å². The van der Waals surface area contributed by atoms with Crippen LogP contribution in [0.1, 0.15) is 37.7 Å². The summed E-state index contributed by atoms with van der Waals surface area (Å²) in [5, 5.41) is 3.75. The van der Waals surface area contributed by atoms with E-state index in [0.717, 1.165) is 43.1 Å². The average Bonchev–Trinajstić information content (AvgIpc) is 3.21. The topological polar surface area (TPSA) is 100 Å². The van der Waals surface area contributed by atoms with Gasteiger partial charge in [0.2, 0.25) is 0 Å². The molecule has 0 amide bonds. The fraction of sp³-hybridized carbons (Fsp3) is 0.545. The molecule has 2 aromatic rings. The molecule has 2 heterocycles. The van der Waals surface area contributed by atoms with Crippen LogP contribution in [0.2, 0.25) is 0 Å². The van der Waals surface area contributed by atoms with Crippen molar-refractivity contribution in [3.8, 4) is 16.9 Å². The quantitative estimate of drug-likeness (QED) is 0.252. The van der Waals surface area contributed by atoms with E-state index in [9.17, 15) is 14.4 Å². The summed E-state index contributed by atoms with van der Waals surface area (Å²) in [7, 11) is -3.67. The zero-order valence-electron chi connectivity index (χ0n) is 19.0. The molecular formula is C22H23Na2O7PS. The number of hydrogen-bond acceptors (Lipinski definition) is 8. The Kier molecular flexibility index (Phi) is 7.77. The first-order valence-corrected chi connectivity index (χ1v) is 13.1. The molecular weight excluding hydrogens is 485 g/mol. The van der Waals surface area contributed by atoms with Gasteiger partial charge in [0.15, 0.2) is 5.60 Å². The molecule has 1 unspecified atom stereocenters. The first kappa shape index (κ1) is 26.8. The summed E-state index contributed by atoms with van der Waals surface area (Å²) in [5.41, 5.74) is 1.31.